The maximum atomic E-state index is 11.8. The smallest absolute Gasteiger partial charge is 0.327 e. The number of nitrogens with one attached hydrogen (secondary N) is 2. The fourth-order valence-corrected chi connectivity index (χ4v) is 2.16. The maximum absolute atomic E-state index is 11.8. The van der Waals surface area contributed by atoms with Gasteiger partial charge in [-0.05, 0) is 12.8 Å². The van der Waals surface area contributed by atoms with Gasteiger partial charge in [-0.3, -0.25) is 5.32 Å². The van der Waals surface area contributed by atoms with Crippen LogP contribution in [-0.2, 0) is 9.53 Å². The van der Waals surface area contributed by atoms with Crippen LogP contribution in [0.1, 0.15) is 26.2 Å². The van der Waals surface area contributed by atoms with Gasteiger partial charge >= 0.3 is 5.97 Å². The Morgan fingerprint density at radius 2 is 2.50 bits per heavy atom. The Kier molecular flexibility index (Phi) is 2.74. The van der Waals surface area contributed by atoms with Crippen LogP contribution in [0.4, 0.5) is 0 Å². The minimum absolute atomic E-state index is 0.0709. The van der Waals surface area contributed by atoms with Gasteiger partial charge in [-0.25, -0.2) is 4.79 Å². The Balaban J connectivity index is 1.85. The van der Waals surface area contributed by atoms with Crippen molar-refractivity contribution in [1.82, 2.24) is 10.6 Å². The molecule has 0 amide bonds. The van der Waals surface area contributed by atoms with E-state index in [1.165, 1.54) is 0 Å². The van der Waals surface area contributed by atoms with E-state index >= 15 is 0 Å². The standard InChI is InChI=1S/C10H18N2O2/c1-2-3-4-14-9(13)10-5-8(6-12-10)11-7-10/h8,11-12H,2-7H2,1H3. The average Bonchev–Trinajstić information content (AvgIpc) is 2.78. The monoisotopic (exact) mass is 198 g/mol. The van der Waals surface area contributed by atoms with E-state index < -0.39 is 5.54 Å². The zero-order valence-corrected chi connectivity index (χ0v) is 8.64. The molecule has 0 aromatic heterocycles. The molecule has 0 saturated carbocycles. The number of esters is 1. The average molecular weight is 198 g/mol. The minimum atomic E-state index is -0.404. The fourth-order valence-electron chi connectivity index (χ4n) is 2.16. The highest BCUT2D eigenvalue weighted by Gasteiger charge is 2.51. The summed E-state index contributed by atoms with van der Waals surface area (Å²) in [6, 6.07) is 0.466. The van der Waals surface area contributed by atoms with Crippen LogP contribution in [0.15, 0.2) is 0 Å². The van der Waals surface area contributed by atoms with Crippen molar-refractivity contribution in [3.63, 3.8) is 0 Å². The molecule has 2 rings (SSSR count). The summed E-state index contributed by atoms with van der Waals surface area (Å²) < 4.78 is 5.25. The first-order chi connectivity index (χ1) is 6.77. The molecule has 2 aliphatic heterocycles. The van der Waals surface area contributed by atoms with Crippen LogP contribution in [0.2, 0.25) is 0 Å². The van der Waals surface area contributed by atoms with Crippen molar-refractivity contribution >= 4 is 5.97 Å². The Morgan fingerprint density at radius 1 is 1.64 bits per heavy atom. The Labute approximate surface area is 84.4 Å². The first kappa shape index (κ1) is 9.93. The van der Waals surface area contributed by atoms with Gasteiger partial charge in [0.1, 0.15) is 5.54 Å². The molecule has 0 radical (unpaired) electrons. The SMILES string of the molecule is CCCCOC(=O)C12CNC(CN1)C2. The van der Waals surface area contributed by atoms with E-state index in [2.05, 4.69) is 17.6 Å². The summed E-state index contributed by atoms with van der Waals surface area (Å²) in [4.78, 5) is 11.8. The van der Waals surface area contributed by atoms with Crippen LogP contribution < -0.4 is 10.6 Å². The van der Waals surface area contributed by atoms with E-state index in [-0.39, 0.29) is 5.97 Å². The molecule has 2 heterocycles. The third kappa shape index (κ3) is 1.64. The van der Waals surface area contributed by atoms with E-state index in [9.17, 15) is 4.79 Å². The van der Waals surface area contributed by atoms with Gasteiger partial charge in [0.25, 0.3) is 0 Å². The minimum Gasteiger partial charge on any atom is -0.464 e. The summed E-state index contributed by atoms with van der Waals surface area (Å²) >= 11 is 0. The Morgan fingerprint density at radius 3 is 3.00 bits per heavy atom. The normalized spacial score (nSPS) is 34.8. The zero-order chi connectivity index (χ0) is 10.0. The van der Waals surface area contributed by atoms with E-state index in [4.69, 9.17) is 4.74 Å². The molecule has 2 N–H and O–H groups in total. The summed E-state index contributed by atoms with van der Waals surface area (Å²) in [6.45, 7) is 4.27. The molecule has 2 fully saturated rings. The number of carbonyl (C=O) groups is 1. The van der Waals surface area contributed by atoms with Crippen LogP contribution in [0.3, 0.4) is 0 Å². The van der Waals surface area contributed by atoms with Crippen molar-refractivity contribution in [2.24, 2.45) is 0 Å². The van der Waals surface area contributed by atoms with Crippen molar-refractivity contribution in [1.29, 1.82) is 0 Å². The largest absolute Gasteiger partial charge is 0.464 e. The highest BCUT2D eigenvalue weighted by atomic mass is 16.5. The van der Waals surface area contributed by atoms with Crippen molar-refractivity contribution in [3.8, 4) is 0 Å². The molecule has 14 heavy (non-hydrogen) atoms. The van der Waals surface area contributed by atoms with Crippen LogP contribution in [0.25, 0.3) is 0 Å². The van der Waals surface area contributed by atoms with Crippen LogP contribution in [0.5, 0.6) is 0 Å². The second-order valence-electron chi connectivity index (χ2n) is 4.23. The fraction of sp³-hybridized carbons (Fsp3) is 0.900. The molecule has 2 bridgehead atoms. The molecular formula is C10H18N2O2. The van der Waals surface area contributed by atoms with E-state index in [1.54, 1.807) is 0 Å². The topological polar surface area (TPSA) is 50.4 Å². The van der Waals surface area contributed by atoms with Crippen molar-refractivity contribution in [3.05, 3.63) is 0 Å². The molecule has 4 heteroatoms. The van der Waals surface area contributed by atoms with Gasteiger partial charge in [-0.2, -0.15) is 0 Å². The lowest BCUT2D eigenvalue weighted by atomic mass is 10.0. The predicted octanol–water partition coefficient (Wildman–Crippen LogP) is 0.0336. The van der Waals surface area contributed by atoms with E-state index in [1.807, 2.05) is 0 Å². The number of rotatable bonds is 4. The number of hydrogen-bond donors (Lipinski definition) is 2. The molecule has 2 saturated heterocycles. The molecule has 4 nitrogen and oxygen atoms in total. The van der Waals surface area contributed by atoms with Crippen molar-refractivity contribution < 1.29 is 9.53 Å². The molecule has 2 unspecified atom stereocenters. The number of hydrogen-bond acceptors (Lipinski definition) is 4. The quantitative estimate of drug-likeness (QED) is 0.494. The summed E-state index contributed by atoms with van der Waals surface area (Å²) in [5, 5.41) is 6.56. The number of fused-ring (bicyclic) bond motifs is 2. The Hall–Kier alpha value is -0.610. The molecule has 2 aliphatic rings. The molecule has 0 aromatic carbocycles. The summed E-state index contributed by atoms with van der Waals surface area (Å²) in [7, 11) is 0. The Bertz CT molecular complexity index is 222. The third-order valence-corrected chi connectivity index (χ3v) is 3.10. The highest BCUT2D eigenvalue weighted by molar-refractivity contribution is 5.82. The summed E-state index contributed by atoms with van der Waals surface area (Å²) in [6.07, 6.45) is 2.91. The van der Waals surface area contributed by atoms with Gasteiger partial charge in [0.2, 0.25) is 0 Å². The molecule has 0 aromatic rings. The second-order valence-corrected chi connectivity index (χ2v) is 4.23. The number of piperazine rings is 1. The molecular weight excluding hydrogens is 180 g/mol. The molecule has 0 spiro atoms. The van der Waals surface area contributed by atoms with Crippen LogP contribution in [0, 0.1) is 0 Å². The van der Waals surface area contributed by atoms with Crippen LogP contribution in [-0.4, -0.2) is 37.2 Å². The lowest BCUT2D eigenvalue weighted by Crippen LogP contribution is -2.55. The maximum Gasteiger partial charge on any atom is 0.327 e. The van der Waals surface area contributed by atoms with Crippen molar-refractivity contribution in [2.75, 3.05) is 19.7 Å². The number of ether oxygens (including phenoxy) is 1. The lowest BCUT2D eigenvalue weighted by Gasteiger charge is -2.25. The van der Waals surface area contributed by atoms with Gasteiger partial charge in [0.15, 0.2) is 0 Å². The zero-order valence-electron chi connectivity index (χ0n) is 8.64. The second kappa shape index (κ2) is 3.87. The molecule has 2 atom stereocenters. The van der Waals surface area contributed by atoms with Gasteiger partial charge < -0.3 is 10.1 Å². The summed E-state index contributed by atoms with van der Waals surface area (Å²) in [5.74, 6) is -0.0709. The highest BCUT2D eigenvalue weighted by Crippen LogP contribution is 2.26. The van der Waals surface area contributed by atoms with Crippen molar-refractivity contribution in [2.45, 2.75) is 37.8 Å². The van der Waals surface area contributed by atoms with E-state index in [0.717, 1.165) is 32.4 Å². The third-order valence-electron chi connectivity index (χ3n) is 3.10. The van der Waals surface area contributed by atoms with Gasteiger partial charge in [-0.1, -0.05) is 13.3 Å². The number of carbonyl (C=O) groups excluding carboxylic acids is 1. The van der Waals surface area contributed by atoms with Crippen LogP contribution >= 0.6 is 0 Å². The predicted molar refractivity (Wildman–Crippen MR) is 53.0 cm³/mol. The molecule has 80 valence electrons. The van der Waals surface area contributed by atoms with Gasteiger partial charge in [-0.15, -0.1) is 0 Å². The lowest BCUT2D eigenvalue weighted by molar-refractivity contribution is -0.150. The molecule has 0 aliphatic carbocycles. The first-order valence-corrected chi connectivity index (χ1v) is 5.42. The van der Waals surface area contributed by atoms with Gasteiger partial charge in [0, 0.05) is 19.1 Å². The number of unbranched alkanes of at least 4 members (excludes halogenated alkanes) is 1. The summed E-state index contributed by atoms with van der Waals surface area (Å²) in [5.41, 5.74) is -0.404. The van der Waals surface area contributed by atoms with Gasteiger partial charge in [0.05, 0.1) is 6.61 Å². The first-order valence-electron chi connectivity index (χ1n) is 5.42. The van der Waals surface area contributed by atoms with E-state index in [0.29, 0.717) is 12.6 Å².